The van der Waals surface area contributed by atoms with E-state index in [1.807, 2.05) is 13.0 Å². The number of anilines is 1. The molecule has 2 aromatic carbocycles. The fourth-order valence-electron chi connectivity index (χ4n) is 2.08. The highest BCUT2D eigenvalue weighted by Crippen LogP contribution is 2.20. The molecule has 4 N–H and O–H groups in total. The second-order valence-electron chi connectivity index (χ2n) is 5.07. The van der Waals surface area contributed by atoms with Gasteiger partial charge in [0.25, 0.3) is 0 Å². The molecule has 22 heavy (non-hydrogen) atoms. The highest BCUT2D eigenvalue weighted by atomic mass is 16.3. The molecule has 2 aromatic rings. The van der Waals surface area contributed by atoms with Crippen molar-refractivity contribution in [3.8, 4) is 0 Å². The average molecular weight is 298 g/mol. The molecule has 0 fully saturated rings. The molecule has 1 atom stereocenters. The molecule has 0 saturated carbocycles. The fourth-order valence-corrected chi connectivity index (χ4v) is 2.08. The smallest absolute Gasteiger partial charge is 0.248 e. The van der Waals surface area contributed by atoms with Gasteiger partial charge in [0.2, 0.25) is 11.8 Å². The van der Waals surface area contributed by atoms with Gasteiger partial charge in [0.05, 0.1) is 12.5 Å². The van der Waals surface area contributed by atoms with Gasteiger partial charge in [-0.15, -0.1) is 0 Å². The number of nitrogens with one attached hydrogen (secondary N) is 1. The van der Waals surface area contributed by atoms with Crippen LogP contribution in [0.5, 0.6) is 0 Å². The largest absolute Gasteiger partial charge is 0.388 e. The summed E-state index contributed by atoms with van der Waals surface area (Å²) in [4.78, 5) is 23.2. The number of rotatable bonds is 5. The lowest BCUT2D eigenvalue weighted by Gasteiger charge is -2.13. The number of amides is 2. The van der Waals surface area contributed by atoms with Crippen LogP contribution in [0.2, 0.25) is 0 Å². The maximum absolute atomic E-state index is 12.0. The van der Waals surface area contributed by atoms with Crippen molar-refractivity contribution in [3.05, 3.63) is 65.2 Å². The summed E-state index contributed by atoms with van der Waals surface area (Å²) in [5.41, 5.74) is 7.56. The topological polar surface area (TPSA) is 92.4 Å². The molecular weight excluding hydrogens is 280 g/mol. The number of carbonyl (C=O) groups excluding carboxylic acids is 2. The van der Waals surface area contributed by atoms with Crippen LogP contribution in [0.25, 0.3) is 0 Å². The maximum Gasteiger partial charge on any atom is 0.248 e. The number of hydrogen-bond acceptors (Lipinski definition) is 3. The predicted octanol–water partition coefficient (Wildman–Crippen LogP) is 2.16. The van der Waals surface area contributed by atoms with E-state index < -0.39 is 12.0 Å². The monoisotopic (exact) mass is 298 g/mol. The van der Waals surface area contributed by atoms with Crippen molar-refractivity contribution in [3.63, 3.8) is 0 Å². The predicted molar refractivity (Wildman–Crippen MR) is 84.3 cm³/mol. The lowest BCUT2D eigenvalue weighted by Crippen LogP contribution is -2.17. The number of aliphatic hydroxyl groups is 1. The van der Waals surface area contributed by atoms with E-state index in [9.17, 15) is 14.7 Å². The van der Waals surface area contributed by atoms with Gasteiger partial charge in [0.1, 0.15) is 0 Å². The van der Waals surface area contributed by atoms with Crippen LogP contribution in [0.1, 0.15) is 34.0 Å². The zero-order chi connectivity index (χ0) is 16.1. The van der Waals surface area contributed by atoms with Gasteiger partial charge in [-0.25, -0.2) is 0 Å². The molecule has 0 radical (unpaired) electrons. The summed E-state index contributed by atoms with van der Waals surface area (Å²) in [5, 5.41) is 12.7. The molecule has 5 nitrogen and oxygen atoms in total. The SMILES string of the molecule is Cc1ccc(C(N)=O)cc1NC(=O)CC(O)c1ccccc1. The number of aliphatic hydroxyl groups excluding tert-OH is 1. The maximum atomic E-state index is 12.0. The van der Waals surface area contributed by atoms with Crippen LogP contribution < -0.4 is 11.1 Å². The molecule has 1 unspecified atom stereocenters. The number of aryl methyl sites for hydroxylation is 1. The van der Waals surface area contributed by atoms with Gasteiger partial charge in [-0.2, -0.15) is 0 Å². The normalized spacial score (nSPS) is 11.7. The first-order valence-corrected chi connectivity index (χ1v) is 6.90. The second kappa shape index (κ2) is 6.87. The Bertz CT molecular complexity index is 684. The van der Waals surface area contributed by atoms with Gasteiger partial charge in [-0.05, 0) is 30.2 Å². The minimum absolute atomic E-state index is 0.0652. The van der Waals surface area contributed by atoms with Crippen molar-refractivity contribution in [2.24, 2.45) is 5.73 Å². The van der Waals surface area contributed by atoms with E-state index >= 15 is 0 Å². The zero-order valence-electron chi connectivity index (χ0n) is 12.2. The minimum Gasteiger partial charge on any atom is -0.388 e. The van der Waals surface area contributed by atoms with Crippen LogP contribution >= 0.6 is 0 Å². The Labute approximate surface area is 128 Å². The first-order valence-electron chi connectivity index (χ1n) is 6.90. The van der Waals surface area contributed by atoms with Gasteiger partial charge in [0.15, 0.2) is 0 Å². The molecule has 0 aliphatic heterocycles. The number of nitrogens with two attached hydrogens (primary N) is 1. The Morgan fingerprint density at radius 3 is 2.50 bits per heavy atom. The molecule has 0 aliphatic rings. The average Bonchev–Trinajstić information content (AvgIpc) is 2.50. The number of primary amides is 1. The first kappa shape index (κ1) is 15.7. The van der Waals surface area contributed by atoms with Crippen LogP contribution in [0, 0.1) is 6.92 Å². The number of carbonyl (C=O) groups is 2. The molecule has 0 bridgehead atoms. The molecule has 0 aliphatic carbocycles. The van der Waals surface area contributed by atoms with Gasteiger partial charge in [-0.1, -0.05) is 36.4 Å². The van der Waals surface area contributed by atoms with E-state index in [0.717, 1.165) is 5.56 Å². The molecule has 114 valence electrons. The lowest BCUT2D eigenvalue weighted by molar-refractivity contribution is -0.118. The third kappa shape index (κ3) is 3.93. The Morgan fingerprint density at radius 2 is 1.86 bits per heavy atom. The summed E-state index contributed by atoms with van der Waals surface area (Å²) in [6, 6.07) is 13.8. The number of hydrogen-bond donors (Lipinski definition) is 3. The minimum atomic E-state index is -0.874. The van der Waals surface area contributed by atoms with Crippen LogP contribution in [0.4, 0.5) is 5.69 Å². The second-order valence-corrected chi connectivity index (χ2v) is 5.07. The number of benzene rings is 2. The standard InChI is InChI=1S/C17H18N2O3/c1-11-7-8-13(17(18)22)9-14(11)19-16(21)10-15(20)12-5-3-2-4-6-12/h2-9,15,20H,10H2,1H3,(H2,18,22)(H,19,21). The van der Waals surface area contributed by atoms with Crippen LogP contribution in [0.15, 0.2) is 48.5 Å². The van der Waals surface area contributed by atoms with E-state index in [0.29, 0.717) is 16.8 Å². The van der Waals surface area contributed by atoms with Crippen molar-refractivity contribution in [2.75, 3.05) is 5.32 Å². The van der Waals surface area contributed by atoms with Gasteiger partial charge in [0, 0.05) is 11.3 Å². The molecule has 2 rings (SSSR count). The molecule has 5 heteroatoms. The van der Waals surface area contributed by atoms with Crippen LogP contribution in [-0.4, -0.2) is 16.9 Å². The Hall–Kier alpha value is -2.66. The fraction of sp³-hybridized carbons (Fsp3) is 0.176. The summed E-state index contributed by atoms with van der Waals surface area (Å²) in [5.74, 6) is -0.888. The summed E-state index contributed by atoms with van der Waals surface area (Å²) < 4.78 is 0. The summed E-state index contributed by atoms with van der Waals surface area (Å²) in [6.45, 7) is 1.81. The molecule has 2 amide bonds. The highest BCUT2D eigenvalue weighted by molar-refractivity contribution is 5.97. The van der Waals surface area contributed by atoms with Crippen LogP contribution in [0.3, 0.4) is 0 Å². The molecular formula is C17H18N2O3. The van der Waals surface area contributed by atoms with Gasteiger partial charge in [-0.3, -0.25) is 9.59 Å². The quantitative estimate of drug-likeness (QED) is 0.789. The van der Waals surface area contributed by atoms with Crippen LogP contribution in [-0.2, 0) is 4.79 Å². The summed E-state index contributed by atoms with van der Waals surface area (Å²) in [6.07, 6.45) is -0.939. The first-order chi connectivity index (χ1) is 10.5. The Kier molecular flexibility index (Phi) is 4.91. The summed E-state index contributed by atoms with van der Waals surface area (Å²) in [7, 11) is 0. The van der Waals surface area contributed by atoms with Gasteiger partial charge < -0.3 is 16.2 Å². The van der Waals surface area contributed by atoms with E-state index in [4.69, 9.17) is 5.73 Å². The van der Waals surface area contributed by atoms with Crippen molar-refractivity contribution in [1.29, 1.82) is 0 Å². The zero-order valence-corrected chi connectivity index (χ0v) is 12.2. The van der Waals surface area contributed by atoms with Crippen molar-refractivity contribution < 1.29 is 14.7 Å². The molecule has 0 aromatic heterocycles. The van der Waals surface area contributed by atoms with E-state index in [1.54, 1.807) is 36.4 Å². The highest BCUT2D eigenvalue weighted by Gasteiger charge is 2.14. The Morgan fingerprint density at radius 1 is 1.18 bits per heavy atom. The van der Waals surface area contributed by atoms with E-state index in [2.05, 4.69) is 5.32 Å². The van der Waals surface area contributed by atoms with Gasteiger partial charge >= 0.3 is 0 Å². The third-order valence-corrected chi connectivity index (χ3v) is 3.36. The van der Waals surface area contributed by atoms with Crippen molar-refractivity contribution in [2.45, 2.75) is 19.4 Å². The van der Waals surface area contributed by atoms with Crippen molar-refractivity contribution >= 4 is 17.5 Å². The Balaban J connectivity index is 2.06. The lowest BCUT2D eigenvalue weighted by atomic mass is 10.1. The third-order valence-electron chi connectivity index (χ3n) is 3.36. The molecule has 0 spiro atoms. The van der Waals surface area contributed by atoms with Crippen molar-refractivity contribution in [1.82, 2.24) is 0 Å². The van der Waals surface area contributed by atoms with E-state index in [1.165, 1.54) is 6.07 Å². The molecule has 0 heterocycles. The summed E-state index contributed by atoms with van der Waals surface area (Å²) >= 11 is 0. The molecule has 0 saturated heterocycles. The van der Waals surface area contributed by atoms with E-state index in [-0.39, 0.29) is 12.3 Å².